The molecule has 11 heavy (non-hydrogen) atoms. The Morgan fingerprint density at radius 1 is 1.27 bits per heavy atom. The average molecular weight is 176 g/mol. The van der Waals surface area contributed by atoms with Gasteiger partial charge in [0, 0.05) is 0 Å². The molecule has 2 nitrogen and oxygen atoms in total. The van der Waals surface area contributed by atoms with Gasteiger partial charge in [0.1, 0.15) is 6.79 Å². The zero-order valence-electron chi connectivity index (χ0n) is 8.31. The zero-order valence-corrected chi connectivity index (χ0v) is 9.46. The molecule has 0 heterocycles. The molecule has 68 valence electrons. The van der Waals surface area contributed by atoms with Crippen molar-refractivity contribution in [2.45, 2.75) is 45.9 Å². The average Bonchev–Trinajstić information content (AvgIpc) is 1.85. The molecule has 0 amide bonds. The first-order chi connectivity index (χ1) is 4.95. The van der Waals surface area contributed by atoms with Crippen LogP contribution in [-0.2, 0) is 9.16 Å². The van der Waals surface area contributed by atoms with Crippen molar-refractivity contribution in [2.24, 2.45) is 0 Å². The van der Waals surface area contributed by atoms with E-state index in [2.05, 4.69) is 13.5 Å². The predicted octanol–water partition coefficient (Wildman–Crippen LogP) is 2.15. The highest BCUT2D eigenvalue weighted by molar-refractivity contribution is 6.49. The summed E-state index contributed by atoms with van der Waals surface area (Å²) in [6.07, 6.45) is 0. The van der Waals surface area contributed by atoms with E-state index in [1.807, 2.05) is 20.8 Å². The number of rotatable bonds is 4. The first-order valence-corrected chi connectivity index (χ1v) is 6.65. The Balaban J connectivity index is 3.28. The van der Waals surface area contributed by atoms with E-state index >= 15 is 0 Å². The second kappa shape index (κ2) is 4.90. The zero-order chi connectivity index (χ0) is 8.91. The van der Waals surface area contributed by atoms with Crippen molar-refractivity contribution in [3.8, 4) is 0 Å². The maximum atomic E-state index is 5.48. The van der Waals surface area contributed by atoms with E-state index in [0.717, 1.165) is 0 Å². The summed E-state index contributed by atoms with van der Waals surface area (Å²) >= 11 is 0. The summed E-state index contributed by atoms with van der Waals surface area (Å²) in [6.45, 7) is 10.9. The maximum absolute atomic E-state index is 5.48. The summed E-state index contributed by atoms with van der Waals surface area (Å²) < 4.78 is 10.9. The molecular formula is C8H20O2Si. The Morgan fingerprint density at radius 2 is 1.82 bits per heavy atom. The second-order valence-electron chi connectivity index (χ2n) is 3.76. The minimum atomic E-state index is -0.896. The van der Waals surface area contributed by atoms with Crippen molar-refractivity contribution >= 4 is 9.04 Å². The highest BCUT2D eigenvalue weighted by Crippen LogP contribution is 2.06. The summed E-state index contributed by atoms with van der Waals surface area (Å²) in [5.74, 6) is 0. The number of hydrogen-bond donors (Lipinski definition) is 0. The molecule has 0 aromatic carbocycles. The highest BCUT2D eigenvalue weighted by Gasteiger charge is 2.10. The molecule has 0 saturated carbocycles. The molecule has 0 bridgehead atoms. The second-order valence-corrected chi connectivity index (χ2v) is 6.53. The summed E-state index contributed by atoms with van der Waals surface area (Å²) in [5.41, 5.74) is -0.0676. The van der Waals surface area contributed by atoms with Crippen LogP contribution in [0.2, 0.25) is 12.6 Å². The van der Waals surface area contributed by atoms with Gasteiger partial charge in [-0.3, -0.25) is 0 Å². The van der Waals surface area contributed by atoms with Crippen molar-refractivity contribution in [2.75, 3.05) is 6.79 Å². The minimum Gasteiger partial charge on any atom is -0.398 e. The van der Waals surface area contributed by atoms with E-state index in [0.29, 0.717) is 6.79 Å². The van der Waals surface area contributed by atoms with Gasteiger partial charge in [0.05, 0.1) is 5.60 Å². The molecule has 0 spiro atoms. The first-order valence-electron chi connectivity index (χ1n) is 4.21. The maximum Gasteiger partial charge on any atom is 0.176 e. The topological polar surface area (TPSA) is 18.5 Å². The molecule has 0 radical (unpaired) electrons. The van der Waals surface area contributed by atoms with E-state index in [4.69, 9.17) is 9.16 Å². The SMILES string of the molecule is CC[SiH](C)OCOC(C)(C)C. The van der Waals surface area contributed by atoms with Gasteiger partial charge in [-0.1, -0.05) is 6.92 Å². The van der Waals surface area contributed by atoms with Gasteiger partial charge in [0.15, 0.2) is 9.04 Å². The van der Waals surface area contributed by atoms with Crippen molar-refractivity contribution in [3.05, 3.63) is 0 Å². The molecule has 0 aliphatic carbocycles. The fourth-order valence-corrected chi connectivity index (χ4v) is 0.981. The highest BCUT2D eigenvalue weighted by atomic mass is 28.3. The molecule has 0 aliphatic heterocycles. The van der Waals surface area contributed by atoms with Gasteiger partial charge in [-0.05, 0) is 33.4 Å². The third kappa shape index (κ3) is 8.04. The van der Waals surface area contributed by atoms with Crippen LogP contribution < -0.4 is 0 Å². The standard InChI is InChI=1S/C8H20O2Si/c1-6-11(5)10-7-9-8(2,3)4/h11H,6-7H2,1-5H3. The smallest absolute Gasteiger partial charge is 0.176 e. The molecule has 0 N–H and O–H groups in total. The van der Waals surface area contributed by atoms with Gasteiger partial charge in [0.2, 0.25) is 0 Å². The van der Waals surface area contributed by atoms with Crippen LogP contribution in [0.25, 0.3) is 0 Å². The molecule has 1 atom stereocenters. The summed E-state index contributed by atoms with van der Waals surface area (Å²) in [7, 11) is -0.896. The van der Waals surface area contributed by atoms with Crippen molar-refractivity contribution in [1.29, 1.82) is 0 Å². The summed E-state index contributed by atoms with van der Waals surface area (Å²) in [5, 5.41) is 0. The fraction of sp³-hybridized carbons (Fsp3) is 1.00. The molecule has 0 aromatic rings. The molecule has 0 aliphatic rings. The molecule has 0 saturated heterocycles. The minimum absolute atomic E-state index is 0.0676. The molecule has 1 unspecified atom stereocenters. The van der Waals surface area contributed by atoms with E-state index in [1.54, 1.807) is 0 Å². The Hall–Kier alpha value is 0.137. The van der Waals surface area contributed by atoms with E-state index < -0.39 is 9.04 Å². The number of ether oxygens (including phenoxy) is 1. The van der Waals surface area contributed by atoms with Gasteiger partial charge in [0.25, 0.3) is 0 Å². The van der Waals surface area contributed by atoms with Gasteiger partial charge in [-0.25, -0.2) is 0 Å². The quantitative estimate of drug-likeness (QED) is 0.483. The van der Waals surface area contributed by atoms with Gasteiger partial charge in [-0.2, -0.15) is 0 Å². The van der Waals surface area contributed by atoms with Gasteiger partial charge >= 0.3 is 0 Å². The Bertz CT molecular complexity index is 98.8. The van der Waals surface area contributed by atoms with Crippen LogP contribution in [0.5, 0.6) is 0 Å². The lowest BCUT2D eigenvalue weighted by Crippen LogP contribution is -2.24. The van der Waals surface area contributed by atoms with E-state index in [9.17, 15) is 0 Å². The fourth-order valence-electron chi connectivity index (χ4n) is 0.445. The molecule has 0 fully saturated rings. The third-order valence-corrected chi connectivity index (χ3v) is 3.27. The monoisotopic (exact) mass is 176 g/mol. The molecular weight excluding hydrogens is 156 g/mol. The summed E-state index contributed by atoms with van der Waals surface area (Å²) in [4.78, 5) is 0. The predicted molar refractivity (Wildman–Crippen MR) is 50.3 cm³/mol. The van der Waals surface area contributed by atoms with Crippen LogP contribution in [-0.4, -0.2) is 21.4 Å². The van der Waals surface area contributed by atoms with Crippen LogP contribution >= 0.6 is 0 Å². The Labute approximate surface area is 71.6 Å². The normalized spacial score (nSPS) is 15.0. The first kappa shape index (κ1) is 11.1. The van der Waals surface area contributed by atoms with Crippen LogP contribution in [0.1, 0.15) is 27.7 Å². The van der Waals surface area contributed by atoms with Crippen molar-refractivity contribution < 1.29 is 9.16 Å². The lowest BCUT2D eigenvalue weighted by Gasteiger charge is -2.20. The molecule has 3 heteroatoms. The Morgan fingerprint density at radius 3 is 2.18 bits per heavy atom. The molecule has 0 rings (SSSR count). The van der Waals surface area contributed by atoms with Crippen LogP contribution in [0.3, 0.4) is 0 Å². The number of hydrogen-bond acceptors (Lipinski definition) is 2. The molecule has 0 aromatic heterocycles. The van der Waals surface area contributed by atoms with E-state index in [-0.39, 0.29) is 5.60 Å². The van der Waals surface area contributed by atoms with Crippen LogP contribution in [0.15, 0.2) is 0 Å². The van der Waals surface area contributed by atoms with Gasteiger partial charge < -0.3 is 9.16 Å². The van der Waals surface area contributed by atoms with Crippen LogP contribution in [0.4, 0.5) is 0 Å². The van der Waals surface area contributed by atoms with E-state index in [1.165, 1.54) is 6.04 Å². The van der Waals surface area contributed by atoms with Gasteiger partial charge in [-0.15, -0.1) is 0 Å². The largest absolute Gasteiger partial charge is 0.398 e. The Kier molecular flexibility index (Phi) is 4.96. The van der Waals surface area contributed by atoms with Crippen molar-refractivity contribution in [3.63, 3.8) is 0 Å². The van der Waals surface area contributed by atoms with Crippen molar-refractivity contribution in [1.82, 2.24) is 0 Å². The lowest BCUT2D eigenvalue weighted by atomic mass is 10.2. The summed E-state index contributed by atoms with van der Waals surface area (Å²) in [6, 6.07) is 1.17. The third-order valence-electron chi connectivity index (χ3n) is 1.42. The lowest BCUT2D eigenvalue weighted by molar-refractivity contribution is -0.0773. The van der Waals surface area contributed by atoms with Crippen LogP contribution in [0, 0.1) is 0 Å².